The summed E-state index contributed by atoms with van der Waals surface area (Å²) in [4.78, 5) is 34.7. The van der Waals surface area contributed by atoms with E-state index in [1.807, 2.05) is 34.9 Å². The molecule has 138 valence electrons. The Labute approximate surface area is 168 Å². The van der Waals surface area contributed by atoms with E-state index < -0.39 is 17.8 Å². The summed E-state index contributed by atoms with van der Waals surface area (Å²) in [5, 5.41) is 4.06. The molecule has 0 bridgehead atoms. The van der Waals surface area contributed by atoms with Crippen molar-refractivity contribution < 1.29 is 23.9 Å². The van der Waals surface area contributed by atoms with E-state index in [4.69, 9.17) is 9.47 Å². The minimum atomic E-state index is -0.834. The maximum atomic E-state index is 11.8. The molecule has 0 aromatic heterocycles. The van der Waals surface area contributed by atoms with Gasteiger partial charge in [-0.15, -0.1) is 0 Å². The van der Waals surface area contributed by atoms with Crippen LogP contribution in [0.25, 0.3) is 6.08 Å². The fourth-order valence-corrected chi connectivity index (χ4v) is 2.77. The van der Waals surface area contributed by atoms with Gasteiger partial charge < -0.3 is 9.47 Å². The molecule has 0 radical (unpaired) electrons. The highest BCUT2D eigenvalue weighted by Gasteiger charge is 2.27. The predicted octanol–water partition coefficient (Wildman–Crippen LogP) is 2.63. The first-order valence-corrected chi connectivity index (χ1v) is 8.98. The highest BCUT2D eigenvalue weighted by Crippen LogP contribution is 2.30. The average molecular weight is 478 g/mol. The second kappa shape index (κ2) is 8.21. The number of ether oxygens (including phenoxy) is 2. The molecule has 2 aromatic carbocycles. The van der Waals surface area contributed by atoms with Crippen LogP contribution < -0.4 is 20.1 Å². The molecule has 0 aliphatic carbocycles. The molecule has 8 heteroatoms. The maximum Gasteiger partial charge on any atom is 0.328 e. The van der Waals surface area contributed by atoms with Gasteiger partial charge in [0, 0.05) is 3.57 Å². The van der Waals surface area contributed by atoms with Gasteiger partial charge in [-0.1, -0.05) is 18.2 Å². The van der Waals surface area contributed by atoms with Gasteiger partial charge in [-0.2, -0.15) is 0 Å². The van der Waals surface area contributed by atoms with Gasteiger partial charge in [0.05, 0.1) is 7.11 Å². The highest BCUT2D eigenvalue weighted by molar-refractivity contribution is 14.1. The summed E-state index contributed by atoms with van der Waals surface area (Å²) in [6.45, 7) is 0.376. The van der Waals surface area contributed by atoms with Gasteiger partial charge in [-0.3, -0.25) is 20.2 Å². The van der Waals surface area contributed by atoms with Crippen LogP contribution in [0.5, 0.6) is 11.5 Å². The topological polar surface area (TPSA) is 93.7 Å². The minimum absolute atomic E-state index is 0.163. The standard InChI is InChI=1S/C19H15IN2O5/c1-26-16-9-12(8-14-17(23)21-19(25)22-18(14)24)4-7-15(16)27-10-11-2-5-13(20)6-3-11/h2-9H,10H2,1H3,(H2,21,22,23,24,25). The summed E-state index contributed by atoms with van der Waals surface area (Å²) in [5.74, 6) is -0.503. The molecule has 27 heavy (non-hydrogen) atoms. The predicted molar refractivity (Wildman–Crippen MR) is 106 cm³/mol. The number of rotatable bonds is 5. The first-order valence-electron chi connectivity index (χ1n) is 7.90. The molecule has 1 heterocycles. The molecular formula is C19H15IN2O5. The normalized spacial score (nSPS) is 13.7. The van der Waals surface area contributed by atoms with Crippen LogP contribution in [0.1, 0.15) is 11.1 Å². The number of benzene rings is 2. The number of barbiturate groups is 1. The third kappa shape index (κ3) is 4.64. The molecule has 4 amide bonds. The van der Waals surface area contributed by atoms with Crippen LogP contribution in [0, 0.1) is 3.57 Å². The largest absolute Gasteiger partial charge is 0.493 e. The molecule has 1 aliphatic rings. The van der Waals surface area contributed by atoms with Crippen LogP contribution in [-0.2, 0) is 16.2 Å². The molecule has 0 saturated carbocycles. The van der Waals surface area contributed by atoms with E-state index in [1.165, 1.54) is 13.2 Å². The highest BCUT2D eigenvalue weighted by atomic mass is 127. The van der Waals surface area contributed by atoms with Crippen molar-refractivity contribution in [1.29, 1.82) is 0 Å². The van der Waals surface area contributed by atoms with Gasteiger partial charge in [0.25, 0.3) is 11.8 Å². The minimum Gasteiger partial charge on any atom is -0.493 e. The van der Waals surface area contributed by atoms with Gasteiger partial charge in [0.2, 0.25) is 0 Å². The fraction of sp³-hybridized carbons (Fsp3) is 0.105. The Kier molecular flexibility index (Phi) is 5.75. The summed E-state index contributed by atoms with van der Waals surface area (Å²) in [7, 11) is 1.50. The van der Waals surface area contributed by atoms with Gasteiger partial charge in [-0.25, -0.2) is 4.79 Å². The third-order valence-electron chi connectivity index (χ3n) is 3.75. The van der Waals surface area contributed by atoms with Gasteiger partial charge in [-0.05, 0) is 64.1 Å². The Bertz CT molecular complexity index is 916. The number of nitrogens with one attached hydrogen (secondary N) is 2. The Hall–Kier alpha value is -2.88. The van der Waals surface area contributed by atoms with Crippen molar-refractivity contribution in [3.63, 3.8) is 0 Å². The molecule has 0 unspecified atom stereocenters. The van der Waals surface area contributed by atoms with E-state index in [0.717, 1.165) is 9.13 Å². The third-order valence-corrected chi connectivity index (χ3v) is 4.47. The van der Waals surface area contributed by atoms with E-state index in [2.05, 4.69) is 22.6 Å². The van der Waals surface area contributed by atoms with Crippen molar-refractivity contribution in [3.8, 4) is 11.5 Å². The molecule has 3 rings (SSSR count). The van der Waals surface area contributed by atoms with Crippen molar-refractivity contribution in [3.05, 3.63) is 62.7 Å². The lowest BCUT2D eigenvalue weighted by Crippen LogP contribution is -2.51. The lowest BCUT2D eigenvalue weighted by molar-refractivity contribution is -0.123. The molecule has 7 nitrogen and oxygen atoms in total. The van der Waals surface area contributed by atoms with Crippen LogP contribution in [-0.4, -0.2) is 25.0 Å². The summed E-state index contributed by atoms with van der Waals surface area (Å²) in [6, 6.07) is 12.2. The van der Waals surface area contributed by atoms with E-state index in [-0.39, 0.29) is 5.57 Å². The number of hydrogen-bond acceptors (Lipinski definition) is 5. The second-order valence-electron chi connectivity index (χ2n) is 5.62. The van der Waals surface area contributed by atoms with Crippen LogP contribution in [0.15, 0.2) is 48.0 Å². The summed E-state index contributed by atoms with van der Waals surface area (Å²) < 4.78 is 12.3. The quantitative estimate of drug-likeness (QED) is 0.392. The summed E-state index contributed by atoms with van der Waals surface area (Å²) in [6.07, 6.45) is 1.38. The SMILES string of the molecule is COc1cc(C=C2C(=O)NC(=O)NC2=O)ccc1OCc1ccc(I)cc1. The van der Waals surface area contributed by atoms with Gasteiger partial charge >= 0.3 is 6.03 Å². The van der Waals surface area contributed by atoms with Crippen LogP contribution >= 0.6 is 22.6 Å². The van der Waals surface area contributed by atoms with E-state index >= 15 is 0 Å². The summed E-state index contributed by atoms with van der Waals surface area (Å²) >= 11 is 2.24. The number of carbonyl (C=O) groups is 3. The van der Waals surface area contributed by atoms with Crippen LogP contribution in [0.3, 0.4) is 0 Å². The molecule has 2 N–H and O–H groups in total. The smallest absolute Gasteiger partial charge is 0.328 e. The lowest BCUT2D eigenvalue weighted by Gasteiger charge is -2.15. The van der Waals surface area contributed by atoms with Crippen molar-refractivity contribution in [2.75, 3.05) is 7.11 Å². The Balaban J connectivity index is 1.78. The number of hydrogen-bond donors (Lipinski definition) is 2. The van der Waals surface area contributed by atoms with E-state index in [0.29, 0.717) is 23.7 Å². The molecule has 2 aromatic rings. The molecule has 0 atom stereocenters. The number of imide groups is 2. The fourth-order valence-electron chi connectivity index (χ4n) is 2.41. The first kappa shape index (κ1) is 18.9. The molecule has 1 aliphatic heterocycles. The second-order valence-corrected chi connectivity index (χ2v) is 6.87. The van der Waals surface area contributed by atoms with Crippen molar-refractivity contribution in [2.45, 2.75) is 6.61 Å². The number of urea groups is 1. The average Bonchev–Trinajstić information content (AvgIpc) is 2.64. The number of methoxy groups -OCH3 is 1. The Morgan fingerprint density at radius 3 is 2.26 bits per heavy atom. The molecular weight excluding hydrogens is 463 g/mol. The van der Waals surface area contributed by atoms with Crippen molar-refractivity contribution in [1.82, 2.24) is 10.6 Å². The van der Waals surface area contributed by atoms with Crippen LogP contribution in [0.4, 0.5) is 4.79 Å². The molecule has 1 saturated heterocycles. The molecule has 0 spiro atoms. The zero-order valence-electron chi connectivity index (χ0n) is 14.2. The number of halogens is 1. The Morgan fingerprint density at radius 2 is 1.63 bits per heavy atom. The zero-order valence-corrected chi connectivity index (χ0v) is 16.4. The van der Waals surface area contributed by atoms with Crippen LogP contribution in [0.2, 0.25) is 0 Å². The maximum absolute atomic E-state index is 11.8. The van der Waals surface area contributed by atoms with E-state index in [9.17, 15) is 14.4 Å². The molecule has 1 fully saturated rings. The van der Waals surface area contributed by atoms with Gasteiger partial charge in [0.15, 0.2) is 11.5 Å². The Morgan fingerprint density at radius 1 is 0.963 bits per heavy atom. The van der Waals surface area contributed by atoms with Crippen molar-refractivity contribution in [2.24, 2.45) is 0 Å². The number of amides is 4. The van der Waals surface area contributed by atoms with Crippen molar-refractivity contribution >= 4 is 46.5 Å². The van der Waals surface area contributed by atoms with Gasteiger partial charge in [0.1, 0.15) is 12.2 Å². The zero-order chi connectivity index (χ0) is 19.4. The summed E-state index contributed by atoms with van der Waals surface area (Å²) in [5.41, 5.74) is 1.41. The van der Waals surface area contributed by atoms with E-state index in [1.54, 1.807) is 18.2 Å². The first-order chi connectivity index (χ1) is 13.0. The number of carbonyl (C=O) groups excluding carboxylic acids is 3. The lowest BCUT2D eigenvalue weighted by atomic mass is 10.1. The monoisotopic (exact) mass is 478 g/mol.